The predicted molar refractivity (Wildman–Crippen MR) is 70.8 cm³/mol. The van der Waals surface area contributed by atoms with Crippen LogP contribution in [0, 0.1) is 0 Å². The Hall–Kier alpha value is -2.01. The van der Waals surface area contributed by atoms with Gasteiger partial charge in [-0.15, -0.1) is 0 Å². The van der Waals surface area contributed by atoms with Gasteiger partial charge in [-0.05, 0) is 12.1 Å². The first kappa shape index (κ1) is 12.0. The summed E-state index contributed by atoms with van der Waals surface area (Å²) >= 11 is 0. The molecule has 5 nitrogen and oxygen atoms in total. The highest BCUT2D eigenvalue weighted by Crippen LogP contribution is 2.26. The summed E-state index contributed by atoms with van der Waals surface area (Å²) in [6.45, 7) is 2.72. The monoisotopic (exact) mass is 260 g/mol. The fraction of sp³-hybridized carbons (Fsp3) is 0.357. The number of aliphatic hydroxyl groups excluding tert-OH is 1. The number of morpholine rings is 1. The molecule has 5 heteroatoms. The van der Waals surface area contributed by atoms with Gasteiger partial charge in [-0.25, -0.2) is 0 Å². The molecule has 0 spiro atoms. The van der Waals surface area contributed by atoms with E-state index in [9.17, 15) is 9.90 Å². The number of rotatable bonds is 2. The van der Waals surface area contributed by atoms with Crippen LogP contribution in [0.2, 0.25) is 0 Å². The first-order valence-electron chi connectivity index (χ1n) is 6.39. The van der Waals surface area contributed by atoms with Crippen LogP contribution in [0.3, 0.4) is 0 Å². The fourth-order valence-electron chi connectivity index (χ4n) is 2.47. The predicted octanol–water partition coefficient (Wildman–Crippen LogP) is 1.13. The molecule has 1 N–H and O–H groups in total. The average molecular weight is 260 g/mol. The van der Waals surface area contributed by atoms with Crippen LogP contribution in [0.5, 0.6) is 0 Å². The number of carbonyl (C=O) groups is 1. The number of hydrogen-bond donors (Lipinski definition) is 1. The van der Waals surface area contributed by atoms with Crippen molar-refractivity contribution >= 4 is 11.6 Å². The number of aliphatic hydroxyl groups is 1. The van der Waals surface area contributed by atoms with Crippen LogP contribution in [0.1, 0.15) is 0 Å². The smallest absolute Gasteiger partial charge is 0.278 e. The summed E-state index contributed by atoms with van der Waals surface area (Å²) in [5, 5.41) is 10.1. The second-order valence-electron chi connectivity index (χ2n) is 4.62. The Morgan fingerprint density at radius 2 is 1.79 bits per heavy atom. The standard InChI is InChI=1S/C14H16N2O3/c17-12-10-16(11-4-2-1-3-5-11)14(18)13(12)15-6-8-19-9-7-15/h1-5,17H,6-10H2. The molecule has 1 amide bonds. The van der Waals surface area contributed by atoms with Gasteiger partial charge in [-0.3, -0.25) is 9.69 Å². The SMILES string of the molecule is O=C1C(N2CCOCC2)=C(O)CN1c1ccccc1. The van der Waals surface area contributed by atoms with Crippen LogP contribution in [0.4, 0.5) is 5.69 Å². The minimum atomic E-state index is -0.134. The van der Waals surface area contributed by atoms with E-state index < -0.39 is 0 Å². The van der Waals surface area contributed by atoms with E-state index in [1.54, 1.807) is 4.90 Å². The fourth-order valence-corrected chi connectivity index (χ4v) is 2.47. The summed E-state index contributed by atoms with van der Waals surface area (Å²) in [7, 11) is 0. The molecule has 0 saturated carbocycles. The third-order valence-corrected chi connectivity index (χ3v) is 3.42. The van der Waals surface area contributed by atoms with Crippen molar-refractivity contribution in [2.24, 2.45) is 0 Å². The molecular formula is C14H16N2O3. The largest absolute Gasteiger partial charge is 0.508 e. The van der Waals surface area contributed by atoms with Crippen molar-refractivity contribution in [1.82, 2.24) is 4.90 Å². The zero-order chi connectivity index (χ0) is 13.2. The molecule has 0 radical (unpaired) electrons. The number of nitrogens with zero attached hydrogens (tertiary/aromatic N) is 2. The second kappa shape index (κ2) is 4.93. The average Bonchev–Trinajstić information content (AvgIpc) is 2.76. The van der Waals surface area contributed by atoms with E-state index in [-0.39, 0.29) is 18.2 Å². The zero-order valence-electron chi connectivity index (χ0n) is 10.6. The van der Waals surface area contributed by atoms with E-state index in [0.29, 0.717) is 32.0 Å². The summed E-state index contributed by atoms with van der Waals surface area (Å²) in [5.74, 6) is 0.0151. The van der Waals surface area contributed by atoms with Gasteiger partial charge in [0.25, 0.3) is 5.91 Å². The molecule has 0 aromatic heterocycles. The highest BCUT2D eigenvalue weighted by molar-refractivity contribution is 6.08. The molecule has 3 rings (SSSR count). The molecule has 100 valence electrons. The Labute approximate surface area is 111 Å². The highest BCUT2D eigenvalue weighted by atomic mass is 16.5. The van der Waals surface area contributed by atoms with Gasteiger partial charge < -0.3 is 14.7 Å². The lowest BCUT2D eigenvalue weighted by molar-refractivity contribution is -0.116. The van der Waals surface area contributed by atoms with Crippen molar-refractivity contribution in [3.8, 4) is 0 Å². The normalized spacial score (nSPS) is 20.3. The van der Waals surface area contributed by atoms with Crippen LogP contribution in [0.25, 0.3) is 0 Å². The summed E-state index contributed by atoms with van der Waals surface area (Å²) in [6.07, 6.45) is 0. The summed E-state index contributed by atoms with van der Waals surface area (Å²) in [4.78, 5) is 15.9. The van der Waals surface area contributed by atoms with Crippen molar-refractivity contribution in [2.75, 3.05) is 37.7 Å². The minimum Gasteiger partial charge on any atom is -0.508 e. The molecule has 19 heavy (non-hydrogen) atoms. The van der Waals surface area contributed by atoms with E-state index in [0.717, 1.165) is 5.69 Å². The van der Waals surface area contributed by atoms with Gasteiger partial charge in [-0.1, -0.05) is 18.2 Å². The molecular weight excluding hydrogens is 244 g/mol. The molecule has 1 fully saturated rings. The Balaban J connectivity index is 1.83. The lowest BCUT2D eigenvalue weighted by atomic mass is 10.3. The Kier molecular flexibility index (Phi) is 3.13. The van der Waals surface area contributed by atoms with Gasteiger partial charge in [0.15, 0.2) is 0 Å². The van der Waals surface area contributed by atoms with Crippen molar-refractivity contribution in [3.05, 3.63) is 41.8 Å². The molecule has 1 aromatic rings. The number of amides is 1. The summed E-state index contributed by atoms with van der Waals surface area (Å²) in [6, 6.07) is 9.40. The van der Waals surface area contributed by atoms with Gasteiger partial charge in [0, 0.05) is 18.8 Å². The lowest BCUT2D eigenvalue weighted by Crippen LogP contribution is -2.40. The molecule has 1 saturated heterocycles. The zero-order valence-corrected chi connectivity index (χ0v) is 10.6. The Morgan fingerprint density at radius 3 is 2.47 bits per heavy atom. The maximum atomic E-state index is 12.4. The van der Waals surface area contributed by atoms with Gasteiger partial charge in [-0.2, -0.15) is 0 Å². The molecule has 2 heterocycles. The Bertz CT molecular complexity index is 507. The van der Waals surface area contributed by atoms with Crippen LogP contribution >= 0.6 is 0 Å². The highest BCUT2D eigenvalue weighted by Gasteiger charge is 2.35. The van der Waals surface area contributed by atoms with Gasteiger partial charge >= 0.3 is 0 Å². The van der Waals surface area contributed by atoms with E-state index in [1.807, 2.05) is 35.2 Å². The molecule has 2 aliphatic rings. The molecule has 0 unspecified atom stereocenters. The second-order valence-corrected chi connectivity index (χ2v) is 4.62. The maximum Gasteiger partial charge on any atom is 0.278 e. The van der Waals surface area contributed by atoms with Crippen LogP contribution in [-0.4, -0.2) is 48.8 Å². The quantitative estimate of drug-likeness (QED) is 0.866. The van der Waals surface area contributed by atoms with Crippen LogP contribution < -0.4 is 4.90 Å². The maximum absolute atomic E-state index is 12.4. The summed E-state index contributed by atoms with van der Waals surface area (Å²) < 4.78 is 5.27. The van der Waals surface area contributed by atoms with E-state index in [2.05, 4.69) is 0 Å². The van der Waals surface area contributed by atoms with Crippen molar-refractivity contribution in [2.45, 2.75) is 0 Å². The molecule has 0 atom stereocenters. The third-order valence-electron chi connectivity index (χ3n) is 3.42. The van der Waals surface area contributed by atoms with E-state index in [4.69, 9.17) is 4.74 Å². The lowest BCUT2D eigenvalue weighted by Gasteiger charge is -2.29. The molecule has 2 aliphatic heterocycles. The number of benzene rings is 1. The number of ether oxygens (including phenoxy) is 1. The van der Waals surface area contributed by atoms with Gasteiger partial charge in [0.05, 0.1) is 19.8 Å². The van der Waals surface area contributed by atoms with E-state index >= 15 is 0 Å². The Morgan fingerprint density at radius 1 is 1.11 bits per heavy atom. The van der Waals surface area contributed by atoms with Gasteiger partial charge in [0.1, 0.15) is 11.5 Å². The molecule has 0 bridgehead atoms. The first-order chi connectivity index (χ1) is 9.27. The first-order valence-corrected chi connectivity index (χ1v) is 6.39. The number of carbonyl (C=O) groups excluding carboxylic acids is 1. The van der Waals surface area contributed by atoms with Crippen molar-refractivity contribution in [1.29, 1.82) is 0 Å². The van der Waals surface area contributed by atoms with Crippen molar-refractivity contribution in [3.63, 3.8) is 0 Å². The van der Waals surface area contributed by atoms with Crippen LogP contribution in [0.15, 0.2) is 41.8 Å². The molecule has 1 aromatic carbocycles. The van der Waals surface area contributed by atoms with Crippen LogP contribution in [-0.2, 0) is 9.53 Å². The van der Waals surface area contributed by atoms with Gasteiger partial charge in [0.2, 0.25) is 0 Å². The third kappa shape index (κ3) is 2.17. The topological polar surface area (TPSA) is 53.0 Å². The number of anilines is 1. The molecule has 0 aliphatic carbocycles. The minimum absolute atomic E-state index is 0.134. The summed E-state index contributed by atoms with van der Waals surface area (Å²) in [5.41, 5.74) is 1.23. The number of hydrogen-bond acceptors (Lipinski definition) is 4. The number of para-hydroxylation sites is 1. The van der Waals surface area contributed by atoms with Crippen molar-refractivity contribution < 1.29 is 14.6 Å². The van der Waals surface area contributed by atoms with E-state index in [1.165, 1.54) is 0 Å².